The Kier molecular flexibility index (Phi) is 1.32. The molecule has 1 aromatic carbocycles. The predicted octanol–water partition coefficient (Wildman–Crippen LogP) is 1.46. The van der Waals surface area contributed by atoms with Crippen molar-refractivity contribution in [2.24, 2.45) is 0 Å². The van der Waals surface area contributed by atoms with E-state index in [9.17, 15) is 8.78 Å². The van der Waals surface area contributed by atoms with Crippen molar-refractivity contribution in [2.45, 2.75) is 6.56 Å². The first-order chi connectivity index (χ1) is 5.39. The Balaban J connectivity index is 3.18. The number of hydrogen-bond donors (Lipinski definition) is 1. The van der Waals surface area contributed by atoms with Crippen LogP contribution in [0.4, 0.5) is 8.78 Å². The molecule has 0 atom stereocenters. The molecule has 1 aromatic rings. The highest BCUT2D eigenvalue weighted by molar-refractivity contribution is 5.16. The molecule has 1 rings (SSSR count). The van der Waals surface area contributed by atoms with Gasteiger partial charge in [-0.05, 0) is 17.7 Å². The molecule has 0 fully saturated rings. The van der Waals surface area contributed by atoms with Crippen molar-refractivity contribution in [3.05, 3.63) is 35.4 Å². The van der Waals surface area contributed by atoms with Gasteiger partial charge in [0.1, 0.15) is 11.6 Å². The smallest absolute Gasteiger partial charge is 0.126 e. The lowest BCUT2D eigenvalue weighted by atomic mass is 10.2. The third-order valence-electron chi connectivity index (χ3n) is 0.992. The first-order valence-corrected chi connectivity index (χ1v) is 2.58. The average Bonchev–Trinajstić information content (AvgIpc) is 1.82. The van der Waals surface area contributed by atoms with Crippen LogP contribution in [0.3, 0.4) is 0 Å². The van der Waals surface area contributed by atoms with Gasteiger partial charge in [0, 0.05) is 6.07 Å². The van der Waals surface area contributed by atoms with Gasteiger partial charge >= 0.3 is 0 Å². The molecule has 1 nitrogen and oxygen atoms in total. The molecule has 54 valence electrons. The van der Waals surface area contributed by atoms with Crippen LogP contribution in [0.15, 0.2) is 18.2 Å². The Bertz CT molecular complexity index is 276. The van der Waals surface area contributed by atoms with Crippen molar-refractivity contribution < 1.29 is 16.6 Å². The maximum Gasteiger partial charge on any atom is 0.126 e. The summed E-state index contributed by atoms with van der Waals surface area (Å²) in [5.41, 5.74) is -0.431. The molecule has 0 saturated heterocycles. The lowest BCUT2D eigenvalue weighted by Crippen LogP contribution is -1.86. The highest BCUT2D eigenvalue weighted by Gasteiger charge is 1.97. The van der Waals surface area contributed by atoms with Gasteiger partial charge in [0.15, 0.2) is 0 Å². The second-order valence-electron chi connectivity index (χ2n) is 1.77. The van der Waals surface area contributed by atoms with Crippen LogP contribution in [0.1, 0.15) is 8.30 Å². The average molecular weight is 146 g/mol. The molecule has 0 unspecified atom stereocenters. The van der Waals surface area contributed by atoms with Crippen LogP contribution in [0.5, 0.6) is 0 Å². The van der Waals surface area contributed by atoms with Crippen molar-refractivity contribution in [2.75, 3.05) is 0 Å². The monoisotopic (exact) mass is 146 g/mol. The SMILES string of the molecule is [2H]C([2H])(O)c1cc(F)cc(F)c1. The summed E-state index contributed by atoms with van der Waals surface area (Å²) in [5, 5.41) is 8.74. The molecule has 0 aromatic heterocycles. The minimum atomic E-state index is -2.71. The molecule has 0 amide bonds. The molecule has 10 heavy (non-hydrogen) atoms. The number of aliphatic hydroxyl groups is 1. The van der Waals surface area contributed by atoms with Gasteiger partial charge in [0.05, 0.1) is 9.30 Å². The first kappa shape index (κ1) is 4.79. The van der Waals surface area contributed by atoms with Gasteiger partial charge in [-0.3, -0.25) is 0 Å². The van der Waals surface area contributed by atoms with E-state index in [1.54, 1.807) is 0 Å². The topological polar surface area (TPSA) is 20.2 Å². The van der Waals surface area contributed by atoms with Gasteiger partial charge in [-0.2, -0.15) is 0 Å². The van der Waals surface area contributed by atoms with Crippen LogP contribution in [0.2, 0.25) is 0 Å². The summed E-state index contributed by atoms with van der Waals surface area (Å²) in [6.07, 6.45) is 0. The molecule has 0 aliphatic carbocycles. The molecule has 0 aliphatic heterocycles. The van der Waals surface area contributed by atoms with Crippen LogP contribution >= 0.6 is 0 Å². The van der Waals surface area contributed by atoms with Gasteiger partial charge in [-0.15, -0.1) is 0 Å². The van der Waals surface area contributed by atoms with Gasteiger partial charge in [0.2, 0.25) is 0 Å². The van der Waals surface area contributed by atoms with E-state index in [4.69, 9.17) is 7.85 Å². The number of benzene rings is 1. The predicted molar refractivity (Wildman–Crippen MR) is 32.3 cm³/mol. The standard InChI is InChI=1S/C7H6F2O/c8-6-1-5(4-10)2-7(9)3-6/h1-3,10H,4H2/i4D2. The van der Waals surface area contributed by atoms with Gasteiger partial charge in [0.25, 0.3) is 0 Å². The van der Waals surface area contributed by atoms with E-state index < -0.39 is 23.8 Å². The minimum Gasteiger partial charge on any atom is -0.392 e. The van der Waals surface area contributed by atoms with Crippen molar-refractivity contribution in [1.82, 2.24) is 0 Å². The fraction of sp³-hybridized carbons (Fsp3) is 0.143. The zero-order chi connectivity index (χ0) is 9.35. The largest absolute Gasteiger partial charge is 0.392 e. The highest BCUT2D eigenvalue weighted by atomic mass is 19.1. The molecule has 0 spiro atoms. The maximum absolute atomic E-state index is 12.4. The van der Waals surface area contributed by atoms with E-state index in [1.165, 1.54) is 0 Å². The zero-order valence-corrected chi connectivity index (χ0v) is 4.94. The summed E-state index contributed by atoms with van der Waals surface area (Å²) in [7, 11) is 0. The van der Waals surface area contributed by atoms with Crippen molar-refractivity contribution in [1.29, 1.82) is 0 Å². The Morgan fingerprint density at radius 2 is 1.80 bits per heavy atom. The highest BCUT2D eigenvalue weighted by Crippen LogP contribution is 2.06. The Hall–Kier alpha value is -0.960. The number of rotatable bonds is 1. The van der Waals surface area contributed by atoms with Gasteiger partial charge < -0.3 is 5.11 Å². The summed E-state index contributed by atoms with van der Waals surface area (Å²) in [4.78, 5) is 0. The Morgan fingerprint density at radius 1 is 1.30 bits per heavy atom. The van der Waals surface area contributed by atoms with E-state index in [0.717, 1.165) is 12.1 Å². The second kappa shape index (κ2) is 2.75. The van der Waals surface area contributed by atoms with E-state index >= 15 is 0 Å². The van der Waals surface area contributed by atoms with Crippen LogP contribution < -0.4 is 0 Å². The molecular weight excluding hydrogens is 138 g/mol. The van der Waals surface area contributed by atoms with E-state index in [-0.39, 0.29) is 0 Å². The molecular formula is C7H6F2O. The van der Waals surface area contributed by atoms with Crippen molar-refractivity contribution in [3.63, 3.8) is 0 Å². The normalized spacial score (nSPS) is 14.3. The number of hydrogen-bond acceptors (Lipinski definition) is 1. The van der Waals surface area contributed by atoms with Crippen molar-refractivity contribution >= 4 is 0 Å². The third kappa shape index (κ3) is 1.51. The molecule has 0 bridgehead atoms. The summed E-state index contributed by atoms with van der Waals surface area (Å²) >= 11 is 0. The zero-order valence-electron chi connectivity index (χ0n) is 6.94. The molecule has 1 N–H and O–H groups in total. The molecule has 0 heterocycles. The van der Waals surface area contributed by atoms with Gasteiger partial charge in [-0.25, -0.2) is 8.78 Å². The minimum absolute atomic E-state index is 0.431. The van der Waals surface area contributed by atoms with E-state index in [0.29, 0.717) is 6.07 Å². The molecule has 3 heteroatoms. The van der Waals surface area contributed by atoms with Crippen LogP contribution in [0, 0.1) is 11.6 Å². The molecule has 0 radical (unpaired) electrons. The quantitative estimate of drug-likeness (QED) is 0.635. The number of halogens is 2. The van der Waals surface area contributed by atoms with E-state index in [2.05, 4.69) is 0 Å². The second-order valence-corrected chi connectivity index (χ2v) is 1.77. The maximum atomic E-state index is 12.4. The van der Waals surface area contributed by atoms with Crippen molar-refractivity contribution in [3.8, 4) is 0 Å². The van der Waals surface area contributed by atoms with Gasteiger partial charge in [-0.1, -0.05) is 0 Å². The summed E-state index contributed by atoms with van der Waals surface area (Å²) in [6.45, 7) is -2.71. The van der Waals surface area contributed by atoms with Crippen LogP contribution in [-0.4, -0.2) is 5.11 Å². The fourth-order valence-electron chi connectivity index (χ4n) is 0.618. The van der Waals surface area contributed by atoms with Crippen LogP contribution in [0.25, 0.3) is 0 Å². The van der Waals surface area contributed by atoms with Crippen LogP contribution in [-0.2, 0) is 6.56 Å². The summed E-state index contributed by atoms with van der Waals surface area (Å²) in [5.74, 6) is -1.83. The first-order valence-electron chi connectivity index (χ1n) is 3.58. The Morgan fingerprint density at radius 3 is 2.20 bits per heavy atom. The summed E-state index contributed by atoms with van der Waals surface area (Å²) in [6, 6.07) is 2.08. The summed E-state index contributed by atoms with van der Waals surface area (Å²) < 4.78 is 38.4. The van der Waals surface area contributed by atoms with E-state index in [1.807, 2.05) is 0 Å². The molecule has 0 aliphatic rings. The molecule has 0 saturated carbocycles. The lowest BCUT2D eigenvalue weighted by Gasteiger charge is -1.95. The third-order valence-corrected chi connectivity index (χ3v) is 0.992. The lowest BCUT2D eigenvalue weighted by molar-refractivity contribution is 0.280. The Labute approximate surface area is 59.7 Å². The fourth-order valence-corrected chi connectivity index (χ4v) is 0.618.